The summed E-state index contributed by atoms with van der Waals surface area (Å²) in [6.45, 7) is 7.52. The minimum Gasteiger partial charge on any atom is -0.408 e. The van der Waals surface area contributed by atoms with Crippen LogP contribution in [0.25, 0.3) is 11.1 Å². The maximum absolute atomic E-state index is 14.3. The second-order valence-corrected chi connectivity index (χ2v) is 6.32. The Labute approximate surface area is 121 Å². The summed E-state index contributed by atoms with van der Waals surface area (Å²) in [6, 6.07) is 2.79. The number of aryl methyl sites for hydroxylation is 1. The van der Waals surface area contributed by atoms with Crippen LogP contribution in [-0.2, 0) is 16.4 Å². The Morgan fingerprint density at radius 3 is 2.29 bits per heavy atom. The van der Waals surface area contributed by atoms with E-state index in [2.05, 4.69) is 0 Å². The van der Waals surface area contributed by atoms with Crippen LogP contribution in [0.4, 0.5) is 4.39 Å². The highest BCUT2D eigenvalue weighted by molar-refractivity contribution is 6.64. The van der Waals surface area contributed by atoms with E-state index in [1.54, 1.807) is 7.05 Å². The summed E-state index contributed by atoms with van der Waals surface area (Å²) in [4.78, 5) is 11.7. The van der Waals surface area contributed by atoms with Crippen molar-refractivity contribution in [3.05, 3.63) is 28.5 Å². The van der Waals surface area contributed by atoms with Gasteiger partial charge in [-0.05, 0) is 39.8 Å². The van der Waals surface area contributed by atoms with Crippen LogP contribution in [0.2, 0.25) is 0 Å². The predicted molar refractivity (Wildman–Crippen MR) is 77.1 cm³/mol. The van der Waals surface area contributed by atoms with Crippen molar-refractivity contribution >= 4 is 23.7 Å². The first-order valence-corrected chi connectivity index (χ1v) is 6.77. The number of halogens is 1. The maximum atomic E-state index is 14.3. The number of fused-ring (bicyclic) bond motifs is 1. The van der Waals surface area contributed by atoms with Crippen molar-refractivity contribution in [3.8, 4) is 0 Å². The van der Waals surface area contributed by atoms with Crippen molar-refractivity contribution in [3.63, 3.8) is 0 Å². The van der Waals surface area contributed by atoms with Gasteiger partial charge in [-0.1, -0.05) is 0 Å². The van der Waals surface area contributed by atoms with E-state index >= 15 is 0 Å². The fourth-order valence-electron chi connectivity index (χ4n) is 2.37. The number of rotatable bonds is 1. The van der Waals surface area contributed by atoms with E-state index in [9.17, 15) is 9.18 Å². The van der Waals surface area contributed by atoms with Gasteiger partial charge in [-0.2, -0.15) is 0 Å². The average molecular weight is 293 g/mol. The Morgan fingerprint density at radius 1 is 1.14 bits per heavy atom. The van der Waals surface area contributed by atoms with E-state index in [-0.39, 0.29) is 11.0 Å². The monoisotopic (exact) mass is 293 g/mol. The van der Waals surface area contributed by atoms with Gasteiger partial charge in [0.05, 0.1) is 22.2 Å². The molecule has 0 amide bonds. The minimum absolute atomic E-state index is 0.129. The quantitative estimate of drug-likeness (QED) is 0.749. The van der Waals surface area contributed by atoms with E-state index < -0.39 is 29.9 Å². The van der Waals surface area contributed by atoms with Crippen molar-refractivity contribution in [2.75, 3.05) is 0 Å². The Balaban J connectivity index is 2.20. The summed E-state index contributed by atoms with van der Waals surface area (Å²) < 4.78 is 32.5. The highest BCUT2D eigenvalue weighted by Gasteiger charge is 2.53. The van der Waals surface area contributed by atoms with Gasteiger partial charge in [0.15, 0.2) is 5.58 Å². The predicted octanol–water partition coefficient (Wildman–Crippen LogP) is 1.57. The SMILES string of the molecule is Cn1c(=O)oc2c(B3OC(C)(C)C(C)(C)O3)c(F)ccc21. The molecular formula is C14H17BFNO4. The van der Waals surface area contributed by atoms with E-state index in [1.807, 2.05) is 27.7 Å². The normalized spacial score (nSPS) is 20.4. The van der Waals surface area contributed by atoms with Gasteiger partial charge >= 0.3 is 12.9 Å². The van der Waals surface area contributed by atoms with Crippen LogP contribution in [-0.4, -0.2) is 22.9 Å². The van der Waals surface area contributed by atoms with Crippen LogP contribution in [0.1, 0.15) is 27.7 Å². The van der Waals surface area contributed by atoms with Crippen LogP contribution >= 0.6 is 0 Å². The van der Waals surface area contributed by atoms with Gasteiger partial charge in [-0.3, -0.25) is 4.57 Å². The molecule has 1 aromatic carbocycles. The molecule has 5 nitrogen and oxygen atoms in total. The number of aromatic nitrogens is 1. The van der Waals surface area contributed by atoms with Crippen molar-refractivity contribution < 1.29 is 18.1 Å². The number of nitrogens with zero attached hydrogens (tertiary/aromatic N) is 1. The Morgan fingerprint density at radius 2 is 1.71 bits per heavy atom. The lowest BCUT2D eigenvalue weighted by atomic mass is 9.78. The first-order chi connectivity index (χ1) is 9.64. The van der Waals surface area contributed by atoms with E-state index in [0.717, 1.165) is 0 Å². The third kappa shape index (κ3) is 1.95. The average Bonchev–Trinajstić information content (AvgIpc) is 2.74. The van der Waals surface area contributed by atoms with Crippen molar-refractivity contribution in [2.24, 2.45) is 7.05 Å². The molecule has 2 aromatic rings. The standard InChI is InChI=1S/C14H17BFNO4/c1-13(2)14(3,4)21-15(20-13)10-8(16)6-7-9-11(10)19-12(18)17(9)5/h6-7H,1-5H3. The fourth-order valence-corrected chi connectivity index (χ4v) is 2.37. The summed E-state index contributed by atoms with van der Waals surface area (Å²) >= 11 is 0. The molecule has 7 heteroatoms. The second-order valence-electron chi connectivity index (χ2n) is 6.32. The first kappa shape index (κ1) is 14.3. The molecule has 21 heavy (non-hydrogen) atoms. The molecule has 1 aliphatic rings. The maximum Gasteiger partial charge on any atom is 0.501 e. The summed E-state index contributed by atoms with van der Waals surface area (Å²) in [6.07, 6.45) is 0. The number of hydrogen-bond donors (Lipinski definition) is 0. The number of benzene rings is 1. The molecule has 0 N–H and O–H groups in total. The summed E-state index contributed by atoms with van der Waals surface area (Å²) in [5, 5.41) is 0. The van der Waals surface area contributed by atoms with Gasteiger partial charge in [-0.25, -0.2) is 9.18 Å². The molecule has 1 aromatic heterocycles. The molecule has 1 aliphatic heterocycles. The lowest BCUT2D eigenvalue weighted by molar-refractivity contribution is 0.00578. The van der Waals surface area contributed by atoms with Gasteiger partial charge in [0, 0.05) is 7.05 Å². The Hall–Kier alpha value is -1.60. The van der Waals surface area contributed by atoms with E-state index in [4.69, 9.17) is 13.7 Å². The molecule has 112 valence electrons. The molecule has 3 rings (SSSR count). The Kier molecular flexibility index (Phi) is 2.87. The second kappa shape index (κ2) is 4.21. The first-order valence-electron chi connectivity index (χ1n) is 6.77. The van der Waals surface area contributed by atoms with E-state index in [0.29, 0.717) is 5.52 Å². The molecule has 0 radical (unpaired) electrons. The van der Waals surface area contributed by atoms with Gasteiger partial charge in [-0.15, -0.1) is 0 Å². The highest BCUT2D eigenvalue weighted by atomic mass is 19.1. The van der Waals surface area contributed by atoms with Crippen molar-refractivity contribution in [2.45, 2.75) is 38.9 Å². The molecule has 2 heterocycles. The molecule has 0 aliphatic carbocycles. The molecule has 0 spiro atoms. The van der Waals surface area contributed by atoms with Crippen LogP contribution in [0.15, 0.2) is 21.3 Å². The van der Waals surface area contributed by atoms with Crippen molar-refractivity contribution in [1.29, 1.82) is 0 Å². The molecule has 0 saturated carbocycles. The third-order valence-corrected chi connectivity index (χ3v) is 4.44. The van der Waals surface area contributed by atoms with Gasteiger partial charge in [0.25, 0.3) is 0 Å². The lowest BCUT2D eigenvalue weighted by Gasteiger charge is -2.32. The zero-order valence-corrected chi connectivity index (χ0v) is 12.7. The van der Waals surface area contributed by atoms with Gasteiger partial charge in [0.2, 0.25) is 0 Å². The molecular weight excluding hydrogens is 276 g/mol. The van der Waals surface area contributed by atoms with E-state index in [1.165, 1.54) is 16.7 Å². The van der Waals surface area contributed by atoms with Crippen LogP contribution in [0.3, 0.4) is 0 Å². The molecule has 1 saturated heterocycles. The topological polar surface area (TPSA) is 53.6 Å². The zero-order chi connectivity index (χ0) is 15.6. The lowest BCUT2D eigenvalue weighted by Crippen LogP contribution is -2.41. The fraction of sp³-hybridized carbons (Fsp3) is 0.500. The largest absolute Gasteiger partial charge is 0.501 e. The van der Waals surface area contributed by atoms with Crippen LogP contribution in [0.5, 0.6) is 0 Å². The minimum atomic E-state index is -0.913. The molecule has 1 fully saturated rings. The molecule has 0 bridgehead atoms. The Bertz CT molecular complexity index is 761. The number of oxazole rings is 1. The summed E-state index contributed by atoms with van der Waals surface area (Å²) in [5.41, 5.74) is -0.390. The van der Waals surface area contributed by atoms with Crippen LogP contribution < -0.4 is 11.2 Å². The highest BCUT2D eigenvalue weighted by Crippen LogP contribution is 2.37. The summed E-state index contributed by atoms with van der Waals surface area (Å²) in [5.74, 6) is -1.07. The number of hydrogen-bond acceptors (Lipinski definition) is 4. The smallest absolute Gasteiger partial charge is 0.408 e. The summed E-state index contributed by atoms with van der Waals surface area (Å²) in [7, 11) is 0.657. The molecule has 0 unspecified atom stereocenters. The zero-order valence-electron chi connectivity index (χ0n) is 12.7. The van der Waals surface area contributed by atoms with Crippen molar-refractivity contribution in [1.82, 2.24) is 4.57 Å². The molecule has 0 atom stereocenters. The van der Waals surface area contributed by atoms with Crippen LogP contribution in [0, 0.1) is 5.82 Å². The van der Waals surface area contributed by atoms with Gasteiger partial charge < -0.3 is 13.7 Å². The van der Waals surface area contributed by atoms with Gasteiger partial charge in [0.1, 0.15) is 5.82 Å². The third-order valence-electron chi connectivity index (χ3n) is 4.44.